The molecule has 0 saturated carbocycles. The number of nitrogens with zero attached hydrogens (tertiary/aromatic N) is 2. The van der Waals surface area contributed by atoms with E-state index in [1.165, 1.54) is 0 Å². The van der Waals surface area contributed by atoms with E-state index in [0.717, 1.165) is 22.9 Å². The molecular formula is C11H16N2. The lowest BCUT2D eigenvalue weighted by Crippen LogP contribution is -2.28. The summed E-state index contributed by atoms with van der Waals surface area (Å²) in [7, 11) is 2.02. The number of aryl methyl sites for hydroxylation is 1. The van der Waals surface area contributed by atoms with E-state index in [1.807, 2.05) is 20.0 Å². The van der Waals surface area contributed by atoms with Gasteiger partial charge in [0.2, 0.25) is 0 Å². The highest BCUT2D eigenvalue weighted by atomic mass is 15.0. The Morgan fingerprint density at radius 3 is 2.77 bits per heavy atom. The average Bonchev–Trinajstić information content (AvgIpc) is 2.34. The van der Waals surface area contributed by atoms with Crippen LogP contribution in [0, 0.1) is 6.92 Å². The Balaban J connectivity index is 3.54. The molecule has 0 spiro atoms. The van der Waals surface area contributed by atoms with Crippen molar-refractivity contribution in [2.45, 2.75) is 20.3 Å². The van der Waals surface area contributed by atoms with Gasteiger partial charge in [0.25, 0.3) is 0 Å². The van der Waals surface area contributed by atoms with E-state index in [9.17, 15) is 0 Å². The molecule has 0 aliphatic heterocycles. The van der Waals surface area contributed by atoms with Crippen LogP contribution < -0.4 is 10.7 Å². The highest BCUT2D eigenvalue weighted by Gasteiger charge is 1.96. The minimum absolute atomic E-state index is 1.01. The first-order chi connectivity index (χ1) is 6.20. The zero-order valence-electron chi connectivity index (χ0n) is 8.54. The van der Waals surface area contributed by atoms with Crippen LogP contribution in [0.2, 0.25) is 0 Å². The van der Waals surface area contributed by atoms with E-state index in [4.69, 9.17) is 0 Å². The number of hydrogen-bond acceptors (Lipinski definition) is 1. The maximum atomic E-state index is 4.45. The molecule has 0 bridgehead atoms. The van der Waals surface area contributed by atoms with Gasteiger partial charge in [0.15, 0.2) is 0 Å². The van der Waals surface area contributed by atoms with E-state index in [-0.39, 0.29) is 0 Å². The standard InChI is InChI=1S/C11H16N2/c1-5-7-10-11(8-6-2)13(4)9(3)12-10/h6-8H,2,5H2,1,3-4H3/b10-7+,11-8+. The monoisotopic (exact) mass is 176 g/mol. The lowest BCUT2D eigenvalue weighted by molar-refractivity contribution is 0.833. The second kappa shape index (κ2) is 4.08. The molecule has 2 nitrogen and oxygen atoms in total. The molecule has 1 aromatic rings. The van der Waals surface area contributed by atoms with E-state index in [1.54, 1.807) is 6.08 Å². The number of aromatic nitrogens is 2. The van der Waals surface area contributed by atoms with Gasteiger partial charge in [0, 0.05) is 7.05 Å². The van der Waals surface area contributed by atoms with Crippen molar-refractivity contribution in [2.75, 3.05) is 0 Å². The fourth-order valence-corrected chi connectivity index (χ4v) is 1.31. The first-order valence-corrected chi connectivity index (χ1v) is 4.53. The second-order valence-electron chi connectivity index (χ2n) is 3.00. The van der Waals surface area contributed by atoms with Gasteiger partial charge in [-0.25, -0.2) is 4.98 Å². The molecule has 0 aromatic carbocycles. The van der Waals surface area contributed by atoms with Crippen molar-refractivity contribution >= 4 is 12.2 Å². The Labute approximate surface area is 78.9 Å². The summed E-state index contributed by atoms with van der Waals surface area (Å²) in [4.78, 5) is 4.45. The average molecular weight is 176 g/mol. The minimum Gasteiger partial charge on any atom is -0.331 e. The first-order valence-electron chi connectivity index (χ1n) is 4.53. The van der Waals surface area contributed by atoms with Crippen LogP contribution in [0.1, 0.15) is 19.2 Å². The number of rotatable bonds is 2. The van der Waals surface area contributed by atoms with Gasteiger partial charge in [-0.2, -0.15) is 0 Å². The summed E-state index contributed by atoms with van der Waals surface area (Å²) in [5.74, 6) is 1.04. The topological polar surface area (TPSA) is 17.8 Å². The molecule has 0 unspecified atom stereocenters. The van der Waals surface area contributed by atoms with Gasteiger partial charge in [-0.05, 0) is 19.4 Å². The third-order valence-corrected chi connectivity index (χ3v) is 2.06. The second-order valence-corrected chi connectivity index (χ2v) is 3.00. The normalized spacial score (nSPS) is 13.8. The maximum absolute atomic E-state index is 4.45. The van der Waals surface area contributed by atoms with E-state index >= 15 is 0 Å². The quantitative estimate of drug-likeness (QED) is 0.654. The van der Waals surface area contributed by atoms with E-state index in [0.29, 0.717) is 0 Å². The van der Waals surface area contributed by atoms with Gasteiger partial charge in [-0.15, -0.1) is 0 Å². The van der Waals surface area contributed by atoms with Crippen LogP contribution in [0.15, 0.2) is 12.7 Å². The van der Waals surface area contributed by atoms with Crippen LogP contribution >= 0.6 is 0 Å². The van der Waals surface area contributed by atoms with Crippen LogP contribution in [-0.2, 0) is 7.05 Å². The van der Waals surface area contributed by atoms with E-state index in [2.05, 4.69) is 29.1 Å². The summed E-state index contributed by atoms with van der Waals surface area (Å²) in [6.07, 6.45) is 6.92. The number of allylic oxidation sites excluding steroid dienone is 1. The van der Waals surface area contributed by atoms with Gasteiger partial charge in [-0.3, -0.25) is 0 Å². The van der Waals surface area contributed by atoms with Crippen molar-refractivity contribution < 1.29 is 0 Å². The predicted molar refractivity (Wildman–Crippen MR) is 56.6 cm³/mol. The maximum Gasteiger partial charge on any atom is 0.106 e. The Hall–Kier alpha value is -1.31. The Morgan fingerprint density at radius 2 is 2.23 bits per heavy atom. The summed E-state index contributed by atoms with van der Waals surface area (Å²) < 4.78 is 2.07. The molecule has 0 saturated heterocycles. The van der Waals surface area contributed by atoms with Crippen molar-refractivity contribution in [2.24, 2.45) is 7.05 Å². The fraction of sp³-hybridized carbons (Fsp3) is 0.364. The summed E-state index contributed by atoms with van der Waals surface area (Å²) >= 11 is 0. The number of hydrogen-bond donors (Lipinski definition) is 0. The summed E-state index contributed by atoms with van der Waals surface area (Å²) in [5, 5.41) is 2.19. The van der Waals surface area contributed by atoms with Gasteiger partial charge in [0.05, 0.1) is 10.7 Å². The zero-order valence-corrected chi connectivity index (χ0v) is 8.54. The molecule has 0 radical (unpaired) electrons. The van der Waals surface area contributed by atoms with Gasteiger partial charge < -0.3 is 4.57 Å². The SMILES string of the molecule is C=C/C=c1\c(=C/CC)nc(C)n1C. The Bertz CT molecular complexity index is 410. The third kappa shape index (κ3) is 1.89. The molecule has 70 valence electrons. The molecule has 13 heavy (non-hydrogen) atoms. The summed E-state index contributed by atoms with van der Waals surface area (Å²) in [6, 6.07) is 0. The highest BCUT2D eigenvalue weighted by Crippen LogP contribution is 1.82. The first kappa shape index (κ1) is 9.78. The summed E-state index contributed by atoms with van der Waals surface area (Å²) in [6.45, 7) is 7.82. The summed E-state index contributed by atoms with van der Waals surface area (Å²) in [5.41, 5.74) is 0. The van der Waals surface area contributed by atoms with Gasteiger partial charge in [-0.1, -0.05) is 25.7 Å². The van der Waals surface area contributed by atoms with E-state index < -0.39 is 0 Å². The van der Waals surface area contributed by atoms with Crippen LogP contribution in [0.5, 0.6) is 0 Å². The smallest absolute Gasteiger partial charge is 0.106 e. The van der Waals surface area contributed by atoms with Crippen molar-refractivity contribution in [1.82, 2.24) is 9.55 Å². The molecule has 1 rings (SSSR count). The van der Waals surface area contributed by atoms with Crippen LogP contribution in [-0.4, -0.2) is 9.55 Å². The van der Waals surface area contributed by atoms with Gasteiger partial charge >= 0.3 is 0 Å². The fourth-order valence-electron chi connectivity index (χ4n) is 1.31. The molecule has 0 aliphatic rings. The molecule has 0 fully saturated rings. The molecule has 2 heteroatoms. The zero-order chi connectivity index (χ0) is 9.84. The van der Waals surface area contributed by atoms with Crippen molar-refractivity contribution in [3.05, 3.63) is 29.2 Å². The van der Waals surface area contributed by atoms with Gasteiger partial charge in [0.1, 0.15) is 5.82 Å². The minimum atomic E-state index is 1.01. The Morgan fingerprint density at radius 1 is 1.54 bits per heavy atom. The van der Waals surface area contributed by atoms with Crippen LogP contribution in [0.25, 0.3) is 12.2 Å². The Kier molecular flexibility index (Phi) is 3.07. The van der Waals surface area contributed by atoms with Crippen LogP contribution in [0.4, 0.5) is 0 Å². The molecule has 1 aromatic heterocycles. The molecule has 0 amide bonds. The largest absolute Gasteiger partial charge is 0.331 e. The van der Waals surface area contributed by atoms with Crippen LogP contribution in [0.3, 0.4) is 0 Å². The van der Waals surface area contributed by atoms with Crippen molar-refractivity contribution in [3.8, 4) is 0 Å². The molecule has 0 N–H and O–H groups in total. The highest BCUT2D eigenvalue weighted by molar-refractivity contribution is 5.35. The van der Waals surface area contributed by atoms with Crippen molar-refractivity contribution in [1.29, 1.82) is 0 Å². The lowest BCUT2D eigenvalue weighted by atomic mass is 10.4. The molecular weight excluding hydrogens is 160 g/mol. The molecule has 0 atom stereocenters. The molecule has 0 aliphatic carbocycles. The van der Waals surface area contributed by atoms with Crippen molar-refractivity contribution in [3.63, 3.8) is 0 Å². The lowest BCUT2D eigenvalue weighted by Gasteiger charge is -1.91. The number of imidazole rings is 1. The third-order valence-electron chi connectivity index (χ3n) is 2.06. The molecule has 1 heterocycles. The predicted octanol–water partition coefficient (Wildman–Crippen LogP) is 0.886.